The number of methoxy groups -OCH3 is 1. The zero-order valence-corrected chi connectivity index (χ0v) is 19.6. The Morgan fingerprint density at radius 1 is 1.23 bits per heavy atom. The van der Waals surface area contributed by atoms with Gasteiger partial charge in [0, 0.05) is 30.6 Å². The number of carbonyl (C=O) groups is 1. The molecule has 1 aliphatic heterocycles. The van der Waals surface area contributed by atoms with Crippen LogP contribution in [-0.2, 0) is 36.2 Å². The largest absolute Gasteiger partial charge is 0.503 e. The van der Waals surface area contributed by atoms with Crippen molar-refractivity contribution in [2.45, 2.75) is 24.6 Å². The van der Waals surface area contributed by atoms with Crippen LogP contribution in [0.15, 0.2) is 45.1 Å². The first kappa shape index (κ1) is 24.5. The number of phenolic OH excluding ortho intramolecular Hbond substituents is 1. The lowest BCUT2D eigenvalue weighted by Gasteiger charge is -2.25. The average Bonchev–Trinajstić information content (AvgIpc) is 2.86. The fourth-order valence-electron chi connectivity index (χ4n) is 3.76. The number of ether oxygens (including phenoxy) is 2. The summed E-state index contributed by atoms with van der Waals surface area (Å²) < 4.78 is 40.1. The van der Waals surface area contributed by atoms with Crippen LogP contribution >= 0.6 is 11.8 Å². The van der Waals surface area contributed by atoms with E-state index in [0.29, 0.717) is 22.2 Å². The lowest BCUT2D eigenvalue weighted by molar-refractivity contribution is -0.149. The molecule has 0 fully saturated rings. The summed E-state index contributed by atoms with van der Waals surface area (Å²) in [5.41, 5.74) is -0.393. The van der Waals surface area contributed by atoms with E-state index >= 15 is 0 Å². The van der Waals surface area contributed by atoms with Crippen LogP contribution in [-0.4, -0.2) is 38.1 Å². The lowest BCUT2D eigenvalue weighted by Crippen LogP contribution is -2.44. The van der Waals surface area contributed by atoms with Crippen LogP contribution in [0.2, 0.25) is 0 Å². The van der Waals surface area contributed by atoms with Crippen LogP contribution in [0, 0.1) is 17.6 Å². The van der Waals surface area contributed by atoms with Crippen molar-refractivity contribution in [2.24, 2.45) is 13.0 Å². The Labute approximate surface area is 201 Å². The number of nitrogens with zero attached hydrogens (tertiary/aromatic N) is 3. The number of aromatic hydroxyl groups is 1. The molecule has 1 atom stereocenters. The minimum atomic E-state index is -1.20. The number of fused-ring (bicyclic) bond motifs is 1. The second-order valence-corrected chi connectivity index (χ2v) is 8.96. The fraction of sp³-hybridized carbons (Fsp3) is 0.304. The van der Waals surface area contributed by atoms with Gasteiger partial charge in [0.2, 0.25) is 5.88 Å². The third-order valence-electron chi connectivity index (χ3n) is 5.60. The molecule has 9 nitrogen and oxygen atoms in total. The number of hydrogen-bond donors (Lipinski definition) is 1. The lowest BCUT2D eigenvalue weighted by atomic mass is 10.0. The summed E-state index contributed by atoms with van der Waals surface area (Å²) in [6, 6.07) is 5.03. The topological polar surface area (TPSA) is 113 Å². The van der Waals surface area contributed by atoms with Gasteiger partial charge in [-0.3, -0.25) is 18.7 Å². The van der Waals surface area contributed by atoms with Crippen LogP contribution in [0.25, 0.3) is 0 Å². The molecule has 0 amide bonds. The van der Waals surface area contributed by atoms with Gasteiger partial charge in [0.1, 0.15) is 6.61 Å². The van der Waals surface area contributed by atoms with Crippen molar-refractivity contribution in [1.29, 1.82) is 0 Å². The Morgan fingerprint density at radius 2 is 1.94 bits per heavy atom. The molecule has 4 rings (SSSR count). The van der Waals surface area contributed by atoms with E-state index in [4.69, 9.17) is 9.47 Å². The standard InChI is InChI=1S/C23H21F2N3O6S/c1-27-21-15(20(30)28(23(27)32)9-13-5-16(24)19(29)17(25)6-13)8-14(11-35-21)22(31)34-10-12-3-4-26-18(7-12)33-2/h3-7,14,29H,8-11H2,1-2H3. The van der Waals surface area contributed by atoms with Crippen molar-refractivity contribution in [3.8, 4) is 11.6 Å². The van der Waals surface area contributed by atoms with Crippen molar-refractivity contribution in [1.82, 2.24) is 14.1 Å². The van der Waals surface area contributed by atoms with E-state index in [1.165, 1.54) is 36.7 Å². The molecule has 35 heavy (non-hydrogen) atoms. The Kier molecular flexibility index (Phi) is 6.92. The summed E-state index contributed by atoms with van der Waals surface area (Å²) in [4.78, 5) is 42.7. The van der Waals surface area contributed by atoms with Gasteiger partial charge in [0.15, 0.2) is 17.4 Å². The maximum Gasteiger partial charge on any atom is 0.331 e. The molecule has 12 heteroatoms. The van der Waals surface area contributed by atoms with Crippen LogP contribution < -0.4 is 16.0 Å². The highest BCUT2D eigenvalue weighted by Crippen LogP contribution is 2.31. The first-order valence-electron chi connectivity index (χ1n) is 10.5. The highest BCUT2D eigenvalue weighted by Gasteiger charge is 2.31. The van der Waals surface area contributed by atoms with Crippen molar-refractivity contribution in [2.75, 3.05) is 12.9 Å². The first-order valence-corrected chi connectivity index (χ1v) is 11.5. The third-order valence-corrected chi connectivity index (χ3v) is 6.96. The Bertz CT molecular complexity index is 1400. The normalized spacial score (nSPS) is 14.9. The molecule has 0 bridgehead atoms. The highest BCUT2D eigenvalue weighted by molar-refractivity contribution is 7.99. The molecule has 0 saturated heterocycles. The summed E-state index contributed by atoms with van der Waals surface area (Å²) in [6.45, 7) is -0.405. The monoisotopic (exact) mass is 505 g/mol. The quantitative estimate of drug-likeness (QED) is 0.400. The predicted octanol–water partition coefficient (Wildman–Crippen LogP) is 1.99. The van der Waals surface area contributed by atoms with Gasteiger partial charge in [-0.15, -0.1) is 11.8 Å². The Balaban J connectivity index is 1.57. The summed E-state index contributed by atoms with van der Waals surface area (Å²) in [5.74, 6) is -3.96. The molecule has 0 spiro atoms. The molecule has 0 saturated carbocycles. The van der Waals surface area contributed by atoms with E-state index < -0.39 is 47.1 Å². The van der Waals surface area contributed by atoms with Crippen LogP contribution in [0.1, 0.15) is 16.7 Å². The second kappa shape index (κ2) is 9.90. The smallest absolute Gasteiger partial charge is 0.331 e. The molecule has 184 valence electrons. The third kappa shape index (κ3) is 4.92. The van der Waals surface area contributed by atoms with Gasteiger partial charge in [-0.05, 0) is 35.7 Å². The highest BCUT2D eigenvalue weighted by atomic mass is 32.2. The summed E-state index contributed by atoms with van der Waals surface area (Å²) in [6.07, 6.45) is 1.58. The molecule has 1 aromatic carbocycles. The minimum Gasteiger partial charge on any atom is -0.503 e. The van der Waals surface area contributed by atoms with Gasteiger partial charge in [0.05, 0.1) is 24.6 Å². The molecule has 0 radical (unpaired) electrons. The molecule has 0 aliphatic carbocycles. The molecule has 2 aromatic heterocycles. The summed E-state index contributed by atoms with van der Waals surface area (Å²) in [5, 5.41) is 9.72. The molecular formula is C23H21F2N3O6S. The van der Waals surface area contributed by atoms with Crippen molar-refractivity contribution < 1.29 is 28.2 Å². The van der Waals surface area contributed by atoms with Gasteiger partial charge in [0.25, 0.3) is 5.56 Å². The molecule has 3 heterocycles. The Hall–Kier alpha value is -3.67. The number of pyridine rings is 1. The SMILES string of the molecule is COc1cc(COC(=O)C2CSc3c(c(=O)n(Cc4cc(F)c(O)c(F)c4)c(=O)n3C)C2)ccn1. The molecule has 3 aromatic rings. The maximum absolute atomic E-state index is 13.7. The number of thioether (sulfide) groups is 1. The average molecular weight is 505 g/mol. The van der Waals surface area contributed by atoms with Crippen LogP contribution in [0.5, 0.6) is 11.6 Å². The minimum absolute atomic E-state index is 0.00122. The number of halogens is 2. The molecule has 1 unspecified atom stereocenters. The number of esters is 1. The number of rotatable bonds is 6. The number of phenols is 1. The molecule has 1 N–H and O–H groups in total. The maximum atomic E-state index is 13.7. The van der Waals surface area contributed by atoms with E-state index in [9.17, 15) is 28.3 Å². The second-order valence-electron chi connectivity index (χ2n) is 7.95. The van der Waals surface area contributed by atoms with Crippen molar-refractivity contribution >= 4 is 17.7 Å². The predicted molar refractivity (Wildman–Crippen MR) is 122 cm³/mol. The van der Waals surface area contributed by atoms with Crippen LogP contribution in [0.4, 0.5) is 8.78 Å². The van der Waals surface area contributed by atoms with E-state index in [1.54, 1.807) is 12.1 Å². The number of benzene rings is 1. The van der Waals surface area contributed by atoms with E-state index in [0.717, 1.165) is 16.7 Å². The van der Waals surface area contributed by atoms with Gasteiger partial charge in [-0.25, -0.2) is 18.6 Å². The number of aromatic nitrogens is 3. The van der Waals surface area contributed by atoms with Gasteiger partial charge in [-0.1, -0.05) is 0 Å². The molecular weight excluding hydrogens is 484 g/mol. The summed E-state index contributed by atoms with van der Waals surface area (Å²) in [7, 11) is 2.96. The number of hydrogen-bond acceptors (Lipinski definition) is 8. The van der Waals surface area contributed by atoms with Crippen LogP contribution in [0.3, 0.4) is 0 Å². The van der Waals surface area contributed by atoms with Crippen molar-refractivity contribution in [3.05, 3.63) is 79.6 Å². The van der Waals surface area contributed by atoms with Crippen molar-refractivity contribution in [3.63, 3.8) is 0 Å². The molecule has 1 aliphatic rings. The van der Waals surface area contributed by atoms with Gasteiger partial charge in [-0.2, -0.15) is 0 Å². The van der Waals surface area contributed by atoms with E-state index in [2.05, 4.69) is 4.98 Å². The first-order chi connectivity index (χ1) is 16.7. The van der Waals surface area contributed by atoms with E-state index in [-0.39, 0.29) is 24.2 Å². The zero-order chi connectivity index (χ0) is 25.3. The Morgan fingerprint density at radius 3 is 2.63 bits per heavy atom. The zero-order valence-electron chi connectivity index (χ0n) is 18.8. The number of carbonyl (C=O) groups excluding carboxylic acids is 1. The fourth-order valence-corrected chi connectivity index (χ4v) is 4.99. The van der Waals surface area contributed by atoms with Gasteiger partial charge < -0.3 is 14.6 Å². The van der Waals surface area contributed by atoms with E-state index in [1.807, 2.05) is 0 Å². The van der Waals surface area contributed by atoms with Gasteiger partial charge >= 0.3 is 11.7 Å². The summed E-state index contributed by atoms with van der Waals surface area (Å²) >= 11 is 1.20.